The first-order chi connectivity index (χ1) is 11.5. The van der Waals surface area contributed by atoms with Crippen molar-refractivity contribution < 1.29 is 4.79 Å². The van der Waals surface area contributed by atoms with Crippen molar-refractivity contribution in [2.24, 2.45) is 5.73 Å². The minimum Gasteiger partial charge on any atom is -0.370 e. The number of primary amides is 1. The summed E-state index contributed by atoms with van der Waals surface area (Å²) < 4.78 is 1.55. The molecule has 0 saturated carbocycles. The van der Waals surface area contributed by atoms with Crippen LogP contribution in [0.1, 0.15) is 19.2 Å². The molecule has 0 radical (unpaired) electrons. The van der Waals surface area contributed by atoms with Crippen LogP contribution >= 0.6 is 22.9 Å². The molecule has 2 N–H and O–H groups in total. The van der Waals surface area contributed by atoms with Crippen molar-refractivity contribution in [1.82, 2.24) is 9.55 Å². The first-order valence-electron chi connectivity index (χ1n) is 7.56. The number of aromatic nitrogens is 2. The summed E-state index contributed by atoms with van der Waals surface area (Å²) in [6.07, 6.45) is 0.721. The second kappa shape index (κ2) is 6.75. The average molecular weight is 362 g/mol. The van der Waals surface area contributed by atoms with Crippen molar-refractivity contribution >= 4 is 39.1 Å². The third-order valence-corrected chi connectivity index (χ3v) is 4.95. The molecule has 2 aromatic heterocycles. The molecule has 0 aliphatic rings. The number of carbonyl (C=O) groups is 1. The normalized spacial score (nSPS) is 11.1. The maximum absolute atomic E-state index is 13.0. The van der Waals surface area contributed by atoms with Crippen LogP contribution in [0.4, 0.5) is 0 Å². The number of nitrogens with two attached hydrogens (primary N) is 1. The largest absolute Gasteiger partial charge is 0.370 e. The van der Waals surface area contributed by atoms with Gasteiger partial charge in [0.05, 0.1) is 5.39 Å². The minimum absolute atomic E-state index is 0.112. The lowest BCUT2D eigenvalue weighted by Gasteiger charge is -2.10. The van der Waals surface area contributed by atoms with Crippen LogP contribution < -0.4 is 11.3 Å². The smallest absolute Gasteiger partial charge is 0.262 e. The molecule has 0 spiro atoms. The van der Waals surface area contributed by atoms with Gasteiger partial charge < -0.3 is 5.73 Å². The molecule has 1 aromatic carbocycles. The lowest BCUT2D eigenvalue weighted by Crippen LogP contribution is -2.27. The number of amides is 1. The molecule has 3 aromatic rings. The first kappa shape index (κ1) is 16.7. The number of hydrogen-bond acceptors (Lipinski definition) is 4. The highest BCUT2D eigenvalue weighted by Gasteiger charge is 2.16. The topological polar surface area (TPSA) is 78.0 Å². The number of nitrogens with zero attached hydrogens (tertiary/aromatic N) is 2. The maximum atomic E-state index is 13.0. The Kier molecular flexibility index (Phi) is 4.69. The Balaban J connectivity index is 2.20. The number of aryl methyl sites for hydroxylation is 1. The van der Waals surface area contributed by atoms with E-state index in [4.69, 9.17) is 17.3 Å². The number of benzene rings is 1. The summed E-state index contributed by atoms with van der Waals surface area (Å²) in [5, 5.41) is 3.15. The fourth-order valence-corrected chi connectivity index (χ4v) is 3.71. The van der Waals surface area contributed by atoms with Crippen LogP contribution in [0.25, 0.3) is 21.3 Å². The first-order valence-corrected chi connectivity index (χ1v) is 8.82. The number of fused-ring (bicyclic) bond motifs is 1. The van der Waals surface area contributed by atoms with Crippen LogP contribution in [0.5, 0.6) is 0 Å². The van der Waals surface area contributed by atoms with E-state index in [2.05, 4.69) is 4.98 Å². The molecule has 5 nitrogen and oxygen atoms in total. The molecule has 7 heteroatoms. The quantitative estimate of drug-likeness (QED) is 0.757. The van der Waals surface area contributed by atoms with E-state index in [9.17, 15) is 9.59 Å². The average Bonchev–Trinajstić information content (AvgIpc) is 2.98. The molecule has 124 valence electrons. The monoisotopic (exact) mass is 361 g/mol. The van der Waals surface area contributed by atoms with Gasteiger partial charge in [-0.2, -0.15) is 0 Å². The van der Waals surface area contributed by atoms with E-state index < -0.39 is 5.91 Å². The van der Waals surface area contributed by atoms with Gasteiger partial charge in [-0.1, -0.05) is 30.7 Å². The van der Waals surface area contributed by atoms with Crippen molar-refractivity contribution in [3.8, 4) is 11.1 Å². The van der Waals surface area contributed by atoms with Gasteiger partial charge in [0, 0.05) is 35.4 Å². The molecule has 2 heterocycles. The summed E-state index contributed by atoms with van der Waals surface area (Å²) in [5.41, 5.74) is 6.83. The second-order valence-electron chi connectivity index (χ2n) is 5.39. The van der Waals surface area contributed by atoms with Crippen LogP contribution in [-0.2, 0) is 17.8 Å². The van der Waals surface area contributed by atoms with Crippen molar-refractivity contribution in [3.63, 3.8) is 0 Å². The third kappa shape index (κ3) is 3.07. The van der Waals surface area contributed by atoms with Gasteiger partial charge >= 0.3 is 0 Å². The van der Waals surface area contributed by atoms with E-state index in [0.29, 0.717) is 27.5 Å². The fourth-order valence-electron chi connectivity index (χ4n) is 2.63. The summed E-state index contributed by atoms with van der Waals surface area (Å²) >= 11 is 7.38. The Bertz CT molecular complexity index is 960. The lowest BCUT2D eigenvalue weighted by molar-refractivity contribution is -0.118. The van der Waals surface area contributed by atoms with Crippen LogP contribution in [-0.4, -0.2) is 15.5 Å². The van der Waals surface area contributed by atoms with Gasteiger partial charge in [-0.15, -0.1) is 11.3 Å². The van der Waals surface area contributed by atoms with E-state index in [1.165, 1.54) is 11.3 Å². The van der Waals surface area contributed by atoms with Gasteiger partial charge in [0.15, 0.2) is 0 Å². The predicted octanol–water partition coefficient (Wildman–Crippen LogP) is 3.22. The zero-order valence-corrected chi connectivity index (χ0v) is 14.7. The lowest BCUT2D eigenvalue weighted by atomic mass is 10.1. The second-order valence-corrected chi connectivity index (χ2v) is 6.69. The van der Waals surface area contributed by atoms with Gasteiger partial charge in [0.25, 0.3) is 5.56 Å². The van der Waals surface area contributed by atoms with Gasteiger partial charge in [0.1, 0.15) is 10.7 Å². The van der Waals surface area contributed by atoms with E-state index in [1.807, 2.05) is 24.4 Å². The van der Waals surface area contributed by atoms with Crippen molar-refractivity contribution in [2.45, 2.75) is 26.3 Å². The molecule has 0 bridgehead atoms. The van der Waals surface area contributed by atoms with E-state index >= 15 is 0 Å². The fraction of sp³-hybridized carbons (Fsp3) is 0.235. The van der Waals surface area contributed by atoms with Crippen LogP contribution in [0.15, 0.2) is 34.4 Å². The number of carbonyl (C=O) groups excluding carboxylic acids is 1. The SMILES string of the molecule is CCc1nc2scc(-c3ccc(Cl)cc3)c2c(=O)n1CCC(N)=O. The Hall–Kier alpha value is -2.18. The molecule has 3 rings (SSSR count). The summed E-state index contributed by atoms with van der Waals surface area (Å²) in [6.45, 7) is 2.18. The highest BCUT2D eigenvalue weighted by molar-refractivity contribution is 7.17. The van der Waals surface area contributed by atoms with Crippen molar-refractivity contribution in [1.29, 1.82) is 0 Å². The predicted molar refractivity (Wildman–Crippen MR) is 97.5 cm³/mol. The van der Waals surface area contributed by atoms with Gasteiger partial charge in [-0.25, -0.2) is 4.98 Å². The molecule has 1 amide bonds. The zero-order valence-electron chi connectivity index (χ0n) is 13.1. The molecule has 0 aliphatic carbocycles. The summed E-state index contributed by atoms with van der Waals surface area (Å²) in [6, 6.07) is 7.34. The highest BCUT2D eigenvalue weighted by atomic mass is 35.5. The number of hydrogen-bond donors (Lipinski definition) is 1. The van der Waals surface area contributed by atoms with Gasteiger partial charge in [-0.05, 0) is 17.7 Å². The minimum atomic E-state index is -0.438. The van der Waals surface area contributed by atoms with E-state index in [1.54, 1.807) is 16.7 Å². The highest BCUT2D eigenvalue weighted by Crippen LogP contribution is 2.31. The van der Waals surface area contributed by atoms with Crippen LogP contribution in [0.3, 0.4) is 0 Å². The Labute approximate surface area is 147 Å². The molecular formula is C17H16ClN3O2S. The van der Waals surface area contributed by atoms with E-state index in [0.717, 1.165) is 11.1 Å². The standard InChI is InChI=1S/C17H16ClN3O2S/c1-2-14-20-16-15(17(23)21(14)8-7-13(19)22)12(9-24-16)10-3-5-11(18)6-4-10/h3-6,9H,2,7-8H2,1H3,(H2,19,22). The molecule has 0 aliphatic heterocycles. The summed E-state index contributed by atoms with van der Waals surface area (Å²) in [7, 11) is 0. The molecular weight excluding hydrogens is 346 g/mol. The third-order valence-electron chi connectivity index (χ3n) is 3.83. The molecule has 0 saturated heterocycles. The van der Waals surface area contributed by atoms with Crippen molar-refractivity contribution in [3.05, 3.63) is 50.8 Å². The summed E-state index contributed by atoms with van der Waals surface area (Å²) in [4.78, 5) is 29.4. The molecule has 24 heavy (non-hydrogen) atoms. The Morgan fingerprint density at radius 1 is 1.33 bits per heavy atom. The molecule has 0 fully saturated rings. The number of halogens is 1. The Morgan fingerprint density at radius 2 is 2.04 bits per heavy atom. The van der Waals surface area contributed by atoms with E-state index in [-0.39, 0.29) is 18.5 Å². The van der Waals surface area contributed by atoms with Crippen molar-refractivity contribution in [2.75, 3.05) is 0 Å². The maximum Gasteiger partial charge on any atom is 0.262 e. The molecule has 0 atom stereocenters. The van der Waals surface area contributed by atoms with Gasteiger partial charge in [0.2, 0.25) is 5.91 Å². The molecule has 0 unspecified atom stereocenters. The van der Waals surface area contributed by atoms with Crippen LogP contribution in [0.2, 0.25) is 5.02 Å². The Morgan fingerprint density at radius 3 is 2.67 bits per heavy atom. The zero-order chi connectivity index (χ0) is 17.3. The number of thiophene rings is 1. The van der Waals surface area contributed by atoms with Gasteiger partial charge in [-0.3, -0.25) is 14.2 Å². The summed E-state index contributed by atoms with van der Waals surface area (Å²) in [5.74, 6) is 0.227. The van der Waals surface area contributed by atoms with Crippen LogP contribution in [0, 0.1) is 0 Å². The number of rotatable bonds is 5.